The number of hydrogen-bond donors (Lipinski definition) is 1. The summed E-state index contributed by atoms with van der Waals surface area (Å²) in [6.45, 7) is 2.90. The molecule has 1 aliphatic heterocycles. The maximum atomic E-state index is 9.43. The maximum absolute atomic E-state index is 9.43. The molecular weight excluding hydrogens is 222 g/mol. The molecule has 2 nitrogen and oxygen atoms in total. The van der Waals surface area contributed by atoms with E-state index < -0.39 is 0 Å². The summed E-state index contributed by atoms with van der Waals surface area (Å²) in [7, 11) is 0. The van der Waals surface area contributed by atoms with Crippen molar-refractivity contribution in [3.8, 4) is 0 Å². The van der Waals surface area contributed by atoms with Crippen LogP contribution in [-0.2, 0) is 0 Å². The third-order valence-corrected chi connectivity index (χ3v) is 6.41. The third-order valence-electron chi connectivity index (χ3n) is 6.41. The first-order chi connectivity index (χ1) is 8.83. The van der Waals surface area contributed by atoms with Crippen molar-refractivity contribution in [3.63, 3.8) is 0 Å². The summed E-state index contributed by atoms with van der Waals surface area (Å²) in [5, 5.41) is 9.43. The molecule has 0 radical (unpaired) electrons. The molecule has 4 aliphatic carbocycles. The molecule has 0 aromatic rings. The van der Waals surface area contributed by atoms with E-state index in [9.17, 15) is 5.11 Å². The predicted molar refractivity (Wildman–Crippen MR) is 72.2 cm³/mol. The Labute approximate surface area is 111 Å². The van der Waals surface area contributed by atoms with E-state index in [2.05, 4.69) is 4.90 Å². The molecule has 0 aromatic heterocycles. The Morgan fingerprint density at radius 1 is 0.944 bits per heavy atom. The number of nitrogens with zero attached hydrogens (tertiary/aromatic N) is 1. The molecule has 0 amide bonds. The molecule has 5 fully saturated rings. The van der Waals surface area contributed by atoms with Crippen molar-refractivity contribution < 1.29 is 5.11 Å². The van der Waals surface area contributed by atoms with Gasteiger partial charge in [-0.15, -0.1) is 0 Å². The normalized spacial score (nSPS) is 51.8. The van der Waals surface area contributed by atoms with Gasteiger partial charge in [-0.05, 0) is 81.1 Å². The largest absolute Gasteiger partial charge is 0.396 e. The highest BCUT2D eigenvalue weighted by Gasteiger charge is 2.50. The Balaban J connectivity index is 1.50. The summed E-state index contributed by atoms with van der Waals surface area (Å²) in [6, 6.07) is 0.896. The van der Waals surface area contributed by atoms with Gasteiger partial charge in [-0.1, -0.05) is 0 Å². The van der Waals surface area contributed by atoms with Crippen molar-refractivity contribution in [3.05, 3.63) is 0 Å². The molecule has 2 heteroatoms. The van der Waals surface area contributed by atoms with Crippen molar-refractivity contribution in [2.45, 2.75) is 51.0 Å². The van der Waals surface area contributed by atoms with E-state index in [4.69, 9.17) is 0 Å². The smallest absolute Gasteiger partial charge is 0.0471 e. The first-order valence-electron chi connectivity index (χ1n) is 8.18. The number of hydrogen-bond acceptors (Lipinski definition) is 2. The highest BCUT2D eigenvalue weighted by molar-refractivity contribution is 5.02. The molecule has 0 aromatic carbocycles. The van der Waals surface area contributed by atoms with Gasteiger partial charge in [0, 0.05) is 19.2 Å². The minimum atomic E-state index is 0.407. The van der Waals surface area contributed by atoms with Crippen LogP contribution in [0.2, 0.25) is 0 Å². The van der Waals surface area contributed by atoms with E-state index in [1.165, 1.54) is 51.6 Å². The first kappa shape index (κ1) is 11.7. The number of likely N-dealkylation sites (tertiary alicyclic amines) is 1. The molecular formula is C16H27NO. The summed E-state index contributed by atoms with van der Waals surface area (Å²) < 4.78 is 0. The zero-order valence-electron chi connectivity index (χ0n) is 11.4. The van der Waals surface area contributed by atoms with Crippen molar-refractivity contribution in [2.75, 3.05) is 19.7 Å². The SMILES string of the molecule is OC[C@H]1CCCN(C2C3CC4CC(C3)CC2C4)C1. The average Bonchev–Trinajstić information content (AvgIpc) is 2.38. The van der Waals surface area contributed by atoms with Gasteiger partial charge in [-0.3, -0.25) is 4.90 Å². The number of rotatable bonds is 2. The number of aliphatic hydroxyl groups excluding tert-OH is 1. The second-order valence-electron chi connectivity index (χ2n) is 7.61. The molecule has 18 heavy (non-hydrogen) atoms. The van der Waals surface area contributed by atoms with E-state index in [-0.39, 0.29) is 0 Å². The molecule has 0 spiro atoms. The van der Waals surface area contributed by atoms with Crippen LogP contribution in [0, 0.1) is 29.6 Å². The van der Waals surface area contributed by atoms with Crippen LogP contribution in [0.25, 0.3) is 0 Å². The lowest BCUT2D eigenvalue weighted by Gasteiger charge is -2.58. The highest BCUT2D eigenvalue weighted by Crippen LogP contribution is 2.55. The lowest BCUT2D eigenvalue weighted by Crippen LogP contribution is -2.58. The van der Waals surface area contributed by atoms with Crippen molar-refractivity contribution in [1.29, 1.82) is 0 Å². The monoisotopic (exact) mass is 249 g/mol. The van der Waals surface area contributed by atoms with Crippen LogP contribution in [0.15, 0.2) is 0 Å². The third kappa shape index (κ3) is 1.84. The molecule has 4 saturated carbocycles. The van der Waals surface area contributed by atoms with E-state index in [1.807, 2.05) is 0 Å². The predicted octanol–water partition coefficient (Wildman–Crippen LogP) is 2.52. The van der Waals surface area contributed by atoms with Gasteiger partial charge >= 0.3 is 0 Å². The minimum absolute atomic E-state index is 0.407. The van der Waals surface area contributed by atoms with Crippen LogP contribution in [0.3, 0.4) is 0 Å². The second-order valence-corrected chi connectivity index (χ2v) is 7.61. The molecule has 1 heterocycles. The van der Waals surface area contributed by atoms with Crippen LogP contribution >= 0.6 is 0 Å². The fourth-order valence-electron chi connectivity index (χ4n) is 6.01. The van der Waals surface area contributed by atoms with E-state index in [0.29, 0.717) is 12.5 Å². The van der Waals surface area contributed by atoms with E-state index in [1.54, 1.807) is 6.42 Å². The second kappa shape index (κ2) is 4.49. The van der Waals surface area contributed by atoms with Crippen LogP contribution in [0.5, 0.6) is 0 Å². The summed E-state index contributed by atoms with van der Waals surface area (Å²) >= 11 is 0. The van der Waals surface area contributed by atoms with Gasteiger partial charge in [0.05, 0.1) is 0 Å². The van der Waals surface area contributed by atoms with Crippen LogP contribution in [0.4, 0.5) is 0 Å². The standard InChI is InChI=1S/C16H27NO/c18-10-11-2-1-3-17(9-11)16-14-5-12-4-13(7-14)8-15(16)6-12/h11-16,18H,1-10H2/t11-,12?,13?,14?,15?,16?/m0/s1. The van der Waals surface area contributed by atoms with Crippen molar-refractivity contribution in [1.82, 2.24) is 4.90 Å². The quantitative estimate of drug-likeness (QED) is 0.813. The Morgan fingerprint density at radius 3 is 2.22 bits per heavy atom. The van der Waals surface area contributed by atoms with E-state index >= 15 is 0 Å². The van der Waals surface area contributed by atoms with Gasteiger partial charge in [-0.25, -0.2) is 0 Å². The van der Waals surface area contributed by atoms with Crippen molar-refractivity contribution in [2.24, 2.45) is 29.6 Å². The van der Waals surface area contributed by atoms with Gasteiger partial charge in [0.2, 0.25) is 0 Å². The van der Waals surface area contributed by atoms with Crippen molar-refractivity contribution >= 4 is 0 Å². The minimum Gasteiger partial charge on any atom is -0.396 e. The molecule has 102 valence electrons. The van der Waals surface area contributed by atoms with Gasteiger partial charge in [0.1, 0.15) is 0 Å². The van der Waals surface area contributed by atoms with Gasteiger partial charge < -0.3 is 5.11 Å². The maximum Gasteiger partial charge on any atom is 0.0471 e. The summed E-state index contributed by atoms with van der Waals surface area (Å²) in [5.41, 5.74) is 0. The van der Waals surface area contributed by atoms with Crippen LogP contribution in [0.1, 0.15) is 44.9 Å². The molecule has 5 rings (SSSR count). The zero-order chi connectivity index (χ0) is 12.1. The number of piperidine rings is 1. The van der Waals surface area contributed by atoms with E-state index in [0.717, 1.165) is 29.7 Å². The summed E-state index contributed by atoms with van der Waals surface area (Å²) in [5.74, 6) is 4.76. The fourth-order valence-corrected chi connectivity index (χ4v) is 6.01. The van der Waals surface area contributed by atoms with Crippen LogP contribution < -0.4 is 0 Å². The lowest BCUT2D eigenvalue weighted by atomic mass is 9.53. The Kier molecular flexibility index (Phi) is 2.92. The Morgan fingerprint density at radius 2 is 1.61 bits per heavy atom. The highest BCUT2D eigenvalue weighted by atomic mass is 16.3. The summed E-state index contributed by atoms with van der Waals surface area (Å²) in [6.07, 6.45) is 10.2. The fraction of sp³-hybridized carbons (Fsp3) is 1.00. The zero-order valence-corrected chi connectivity index (χ0v) is 11.4. The van der Waals surface area contributed by atoms with Gasteiger partial charge in [0.15, 0.2) is 0 Å². The molecule has 1 atom stereocenters. The molecule has 0 unspecified atom stereocenters. The van der Waals surface area contributed by atoms with Crippen LogP contribution in [-0.4, -0.2) is 35.7 Å². The molecule has 4 bridgehead atoms. The molecule has 5 aliphatic rings. The first-order valence-corrected chi connectivity index (χ1v) is 8.18. The topological polar surface area (TPSA) is 23.5 Å². The Bertz CT molecular complexity index is 288. The Hall–Kier alpha value is -0.0800. The van der Waals surface area contributed by atoms with Gasteiger partial charge in [0.25, 0.3) is 0 Å². The lowest BCUT2D eigenvalue weighted by molar-refractivity contribution is -0.0783. The average molecular weight is 249 g/mol. The molecule has 1 saturated heterocycles. The summed E-state index contributed by atoms with van der Waals surface area (Å²) in [4.78, 5) is 2.79. The van der Waals surface area contributed by atoms with Gasteiger partial charge in [-0.2, -0.15) is 0 Å². The molecule has 1 N–H and O–H groups in total. The number of aliphatic hydroxyl groups is 1.